The van der Waals surface area contributed by atoms with E-state index in [2.05, 4.69) is 6.92 Å². The lowest BCUT2D eigenvalue weighted by Crippen LogP contribution is -2.15. The molecular weight excluding hydrogens is 508 g/mol. The van der Waals surface area contributed by atoms with Gasteiger partial charge < -0.3 is 42.6 Å². The predicted molar refractivity (Wildman–Crippen MR) is 150 cm³/mol. The van der Waals surface area contributed by atoms with Gasteiger partial charge >= 0.3 is 5.97 Å². The largest absolute Gasteiger partial charge is 0.463 e. The van der Waals surface area contributed by atoms with Gasteiger partial charge in [0.15, 0.2) is 0 Å². The molecule has 0 aromatic heterocycles. The smallest absolute Gasteiger partial charge is 0.305 e. The van der Waals surface area contributed by atoms with Crippen LogP contribution in [0.15, 0.2) is 0 Å². The Morgan fingerprint density at radius 2 is 0.795 bits per heavy atom. The molecule has 0 aromatic rings. The van der Waals surface area contributed by atoms with Crippen LogP contribution >= 0.6 is 0 Å². The molecule has 0 N–H and O–H groups in total. The van der Waals surface area contributed by atoms with Crippen LogP contribution in [-0.2, 0) is 47.4 Å². The molecule has 0 saturated carbocycles. The first-order valence-electron chi connectivity index (χ1n) is 15.0. The fraction of sp³-hybridized carbons (Fsp3) is 0.966. The fourth-order valence-corrected chi connectivity index (χ4v) is 3.28. The molecule has 0 amide bonds. The average molecular weight is 567 g/mol. The zero-order valence-electron chi connectivity index (χ0n) is 25.1. The minimum absolute atomic E-state index is 0.136. The number of hydrogen-bond donors (Lipinski definition) is 0. The zero-order chi connectivity index (χ0) is 28.5. The maximum Gasteiger partial charge on any atom is 0.305 e. The van der Waals surface area contributed by atoms with Gasteiger partial charge in [0.05, 0.1) is 105 Å². The Balaban J connectivity index is 3.10. The van der Waals surface area contributed by atoms with E-state index in [0.717, 1.165) is 12.8 Å². The highest BCUT2D eigenvalue weighted by molar-refractivity contribution is 5.69. The summed E-state index contributed by atoms with van der Waals surface area (Å²) in [6, 6.07) is 0. The molecule has 39 heavy (non-hydrogen) atoms. The van der Waals surface area contributed by atoms with Gasteiger partial charge in [0.1, 0.15) is 6.61 Å². The SMILES string of the molecule is CCCCCCCCCC(=O)OCCOCCOCCOCCOCCOCCOCCOCCOC(C)C. The lowest BCUT2D eigenvalue weighted by atomic mass is 10.1. The van der Waals surface area contributed by atoms with E-state index in [9.17, 15) is 4.79 Å². The minimum atomic E-state index is -0.136. The molecule has 0 radical (unpaired) electrons. The van der Waals surface area contributed by atoms with Gasteiger partial charge in [-0.3, -0.25) is 4.79 Å². The number of carbonyl (C=O) groups excluding carboxylic acids is 1. The van der Waals surface area contributed by atoms with Gasteiger partial charge in [-0.25, -0.2) is 0 Å². The summed E-state index contributed by atoms with van der Waals surface area (Å²) in [5.41, 5.74) is 0. The third kappa shape index (κ3) is 35.1. The van der Waals surface area contributed by atoms with Crippen molar-refractivity contribution in [1.82, 2.24) is 0 Å². The maximum absolute atomic E-state index is 11.7. The van der Waals surface area contributed by atoms with Crippen LogP contribution in [0.5, 0.6) is 0 Å². The van der Waals surface area contributed by atoms with Crippen LogP contribution in [0.2, 0.25) is 0 Å². The molecule has 0 aliphatic rings. The molecule has 0 bridgehead atoms. The Labute approximate surface area is 237 Å². The standard InChI is InChI=1S/C29H58O10/c1-4-5-6-7-8-9-10-11-29(30)39-27-25-37-23-21-35-19-17-33-15-13-31-12-14-32-16-18-34-20-22-36-24-26-38-28(2)3/h28H,4-27H2,1-3H3. The topological polar surface area (TPSA) is 100 Å². The molecule has 10 nitrogen and oxygen atoms in total. The van der Waals surface area contributed by atoms with Gasteiger partial charge in [-0.05, 0) is 20.3 Å². The first-order chi connectivity index (χ1) is 19.2. The van der Waals surface area contributed by atoms with Crippen molar-refractivity contribution in [1.29, 1.82) is 0 Å². The maximum atomic E-state index is 11.7. The number of esters is 1. The third-order valence-electron chi connectivity index (χ3n) is 5.39. The van der Waals surface area contributed by atoms with Gasteiger partial charge in [-0.2, -0.15) is 0 Å². The van der Waals surface area contributed by atoms with Crippen LogP contribution in [0, 0.1) is 0 Å². The summed E-state index contributed by atoms with van der Waals surface area (Å²) in [5.74, 6) is -0.136. The van der Waals surface area contributed by atoms with Crippen molar-refractivity contribution < 1.29 is 47.4 Å². The molecule has 0 aliphatic carbocycles. The van der Waals surface area contributed by atoms with Crippen LogP contribution < -0.4 is 0 Å². The van der Waals surface area contributed by atoms with Gasteiger partial charge in [-0.15, -0.1) is 0 Å². The molecule has 10 heteroatoms. The highest BCUT2D eigenvalue weighted by Gasteiger charge is 2.02. The van der Waals surface area contributed by atoms with Gasteiger partial charge in [0.2, 0.25) is 0 Å². The van der Waals surface area contributed by atoms with E-state index < -0.39 is 0 Å². The van der Waals surface area contributed by atoms with Crippen LogP contribution in [0.1, 0.15) is 72.1 Å². The van der Waals surface area contributed by atoms with Crippen molar-refractivity contribution in [3.05, 3.63) is 0 Å². The van der Waals surface area contributed by atoms with Crippen molar-refractivity contribution in [2.24, 2.45) is 0 Å². The van der Waals surface area contributed by atoms with Crippen LogP contribution in [-0.4, -0.2) is 118 Å². The van der Waals surface area contributed by atoms with E-state index in [1.165, 1.54) is 32.1 Å². The molecule has 0 spiro atoms. The van der Waals surface area contributed by atoms with Crippen molar-refractivity contribution >= 4 is 5.97 Å². The lowest BCUT2D eigenvalue weighted by Gasteiger charge is -2.09. The number of rotatable bonds is 33. The van der Waals surface area contributed by atoms with Crippen LogP contribution in [0.4, 0.5) is 0 Å². The average Bonchev–Trinajstić information content (AvgIpc) is 2.92. The number of carbonyl (C=O) groups is 1. The molecule has 0 fully saturated rings. The zero-order valence-corrected chi connectivity index (χ0v) is 25.1. The summed E-state index contributed by atoms with van der Waals surface area (Å²) in [7, 11) is 0. The predicted octanol–water partition coefficient (Wildman–Crippen LogP) is 4.21. The number of ether oxygens (including phenoxy) is 9. The van der Waals surface area contributed by atoms with E-state index >= 15 is 0 Å². The van der Waals surface area contributed by atoms with Gasteiger partial charge in [-0.1, -0.05) is 45.4 Å². The van der Waals surface area contributed by atoms with E-state index in [1.807, 2.05) is 13.8 Å². The highest BCUT2D eigenvalue weighted by atomic mass is 16.6. The summed E-state index contributed by atoms with van der Waals surface area (Å²) in [6.45, 7) is 14.3. The van der Waals surface area contributed by atoms with Crippen molar-refractivity contribution in [3.63, 3.8) is 0 Å². The minimum Gasteiger partial charge on any atom is -0.463 e. The highest BCUT2D eigenvalue weighted by Crippen LogP contribution is 2.08. The molecule has 234 valence electrons. The number of hydrogen-bond acceptors (Lipinski definition) is 10. The monoisotopic (exact) mass is 566 g/mol. The number of unbranched alkanes of at least 4 members (excludes halogenated alkanes) is 6. The summed E-state index contributed by atoms with van der Waals surface area (Å²) in [5, 5.41) is 0. The van der Waals surface area contributed by atoms with Crippen molar-refractivity contribution in [3.8, 4) is 0 Å². The second-order valence-corrected chi connectivity index (χ2v) is 9.30. The first kappa shape index (κ1) is 38.1. The van der Waals surface area contributed by atoms with E-state index in [1.54, 1.807) is 0 Å². The Morgan fingerprint density at radius 3 is 1.18 bits per heavy atom. The fourth-order valence-electron chi connectivity index (χ4n) is 3.28. The van der Waals surface area contributed by atoms with E-state index in [4.69, 9.17) is 42.6 Å². The molecule has 0 rings (SSSR count). The van der Waals surface area contributed by atoms with Crippen molar-refractivity contribution in [2.45, 2.75) is 78.2 Å². The lowest BCUT2D eigenvalue weighted by molar-refractivity contribution is -0.145. The molecule has 0 heterocycles. The van der Waals surface area contributed by atoms with Crippen molar-refractivity contribution in [2.75, 3.05) is 106 Å². The van der Waals surface area contributed by atoms with Gasteiger partial charge in [0, 0.05) is 6.42 Å². The molecule has 0 aromatic carbocycles. The summed E-state index contributed by atoms with van der Waals surface area (Å²) in [6.07, 6.45) is 9.07. The molecular formula is C29H58O10. The quantitative estimate of drug-likeness (QED) is 0.0848. The van der Waals surface area contributed by atoms with Gasteiger partial charge in [0.25, 0.3) is 0 Å². The van der Waals surface area contributed by atoms with Crippen LogP contribution in [0.25, 0.3) is 0 Å². The Hall–Kier alpha value is -0.850. The summed E-state index contributed by atoms with van der Waals surface area (Å²) >= 11 is 0. The molecule has 0 saturated heterocycles. The first-order valence-corrected chi connectivity index (χ1v) is 15.0. The Kier molecular flexibility index (Phi) is 32.6. The summed E-state index contributed by atoms with van der Waals surface area (Å²) in [4.78, 5) is 11.7. The second kappa shape index (κ2) is 33.4. The summed E-state index contributed by atoms with van der Waals surface area (Å²) < 4.78 is 48.6. The molecule has 0 aliphatic heterocycles. The molecule has 0 unspecified atom stereocenters. The second-order valence-electron chi connectivity index (χ2n) is 9.30. The molecule has 0 atom stereocenters. The van der Waals surface area contributed by atoms with E-state index in [-0.39, 0.29) is 12.1 Å². The Morgan fingerprint density at radius 1 is 0.462 bits per heavy atom. The Bertz CT molecular complexity index is 479. The third-order valence-corrected chi connectivity index (χ3v) is 5.39. The van der Waals surface area contributed by atoms with Crippen LogP contribution in [0.3, 0.4) is 0 Å². The van der Waals surface area contributed by atoms with E-state index in [0.29, 0.717) is 112 Å². The normalized spacial score (nSPS) is 11.5.